The van der Waals surface area contributed by atoms with Crippen molar-refractivity contribution in [1.29, 1.82) is 0 Å². The van der Waals surface area contributed by atoms with Crippen molar-refractivity contribution in [2.45, 2.75) is 6.92 Å². The normalized spacial score (nSPS) is 10.4. The third-order valence-electron chi connectivity index (χ3n) is 2.04. The molecule has 2 nitrogen and oxygen atoms in total. The van der Waals surface area contributed by atoms with E-state index in [9.17, 15) is 4.39 Å². The number of aromatic nitrogens is 1. The van der Waals surface area contributed by atoms with Gasteiger partial charge in [-0.05, 0) is 24.6 Å². The summed E-state index contributed by atoms with van der Waals surface area (Å²) >= 11 is 7.25. The molecular weight excluding hydrogens is 247 g/mol. The van der Waals surface area contributed by atoms with Crippen LogP contribution in [0.1, 0.15) is 6.92 Å². The predicted octanol–water partition coefficient (Wildman–Crippen LogP) is 4.03. The van der Waals surface area contributed by atoms with Crippen molar-refractivity contribution >= 4 is 28.1 Å². The second-order valence-electron chi connectivity index (χ2n) is 3.19. The monoisotopic (exact) mass is 256 g/mol. The van der Waals surface area contributed by atoms with Crippen molar-refractivity contribution in [1.82, 2.24) is 4.98 Å². The largest absolute Gasteiger partial charge is 0.362 e. The molecule has 2 rings (SSSR count). The van der Waals surface area contributed by atoms with Crippen LogP contribution in [0.2, 0.25) is 5.02 Å². The van der Waals surface area contributed by atoms with Gasteiger partial charge < -0.3 is 5.32 Å². The highest BCUT2D eigenvalue weighted by atomic mass is 35.5. The van der Waals surface area contributed by atoms with E-state index in [1.54, 1.807) is 18.3 Å². The first-order chi connectivity index (χ1) is 7.70. The minimum atomic E-state index is -0.401. The molecule has 0 aliphatic rings. The lowest BCUT2D eigenvalue weighted by Crippen LogP contribution is -1.94. The van der Waals surface area contributed by atoms with Crippen LogP contribution in [0.5, 0.6) is 0 Å². The molecule has 0 fully saturated rings. The van der Waals surface area contributed by atoms with E-state index in [1.165, 1.54) is 17.4 Å². The van der Waals surface area contributed by atoms with Crippen LogP contribution < -0.4 is 5.32 Å². The molecule has 5 heteroatoms. The summed E-state index contributed by atoms with van der Waals surface area (Å²) < 4.78 is 13.0. The molecule has 2 aromatic rings. The number of anilines is 1. The van der Waals surface area contributed by atoms with Gasteiger partial charge in [0, 0.05) is 12.7 Å². The molecule has 0 spiro atoms. The van der Waals surface area contributed by atoms with E-state index in [4.69, 9.17) is 11.6 Å². The molecule has 1 aromatic heterocycles. The molecule has 0 aliphatic heterocycles. The van der Waals surface area contributed by atoms with Crippen LogP contribution in [0.3, 0.4) is 0 Å². The van der Waals surface area contributed by atoms with Crippen molar-refractivity contribution < 1.29 is 4.39 Å². The first kappa shape index (κ1) is 11.4. The maximum atomic E-state index is 13.0. The first-order valence-electron chi connectivity index (χ1n) is 4.86. The topological polar surface area (TPSA) is 24.9 Å². The van der Waals surface area contributed by atoms with Crippen molar-refractivity contribution in [3.63, 3.8) is 0 Å². The summed E-state index contributed by atoms with van der Waals surface area (Å²) in [6.07, 6.45) is 1.76. The first-order valence-corrected chi connectivity index (χ1v) is 6.05. The zero-order valence-electron chi connectivity index (χ0n) is 8.63. The minimum absolute atomic E-state index is 0.135. The van der Waals surface area contributed by atoms with Gasteiger partial charge in [-0.1, -0.05) is 29.0 Å². The molecule has 16 heavy (non-hydrogen) atoms. The van der Waals surface area contributed by atoms with Crippen LogP contribution in [-0.4, -0.2) is 11.5 Å². The molecule has 1 heterocycles. The van der Waals surface area contributed by atoms with Crippen LogP contribution in [0.25, 0.3) is 10.4 Å². The Kier molecular flexibility index (Phi) is 3.41. The van der Waals surface area contributed by atoms with Crippen molar-refractivity contribution in [3.05, 3.63) is 35.2 Å². The maximum absolute atomic E-state index is 13.0. The van der Waals surface area contributed by atoms with Gasteiger partial charge in [0.1, 0.15) is 5.82 Å². The third kappa shape index (κ3) is 2.33. The summed E-state index contributed by atoms with van der Waals surface area (Å²) in [4.78, 5) is 5.18. The summed E-state index contributed by atoms with van der Waals surface area (Å²) in [5.74, 6) is -0.401. The number of thiazole rings is 1. The third-order valence-corrected chi connectivity index (χ3v) is 3.33. The van der Waals surface area contributed by atoms with Crippen LogP contribution in [0.15, 0.2) is 24.4 Å². The molecule has 1 N–H and O–H groups in total. The zero-order chi connectivity index (χ0) is 11.5. The Bertz CT molecular complexity index is 498. The van der Waals surface area contributed by atoms with E-state index in [1.807, 2.05) is 6.92 Å². The number of benzene rings is 1. The van der Waals surface area contributed by atoms with Gasteiger partial charge >= 0.3 is 0 Å². The van der Waals surface area contributed by atoms with Crippen molar-refractivity contribution in [2.24, 2.45) is 0 Å². The lowest BCUT2D eigenvalue weighted by atomic mass is 10.2. The Balaban J connectivity index is 2.31. The van der Waals surface area contributed by atoms with Gasteiger partial charge in [-0.3, -0.25) is 0 Å². The van der Waals surface area contributed by atoms with Gasteiger partial charge in [0.15, 0.2) is 5.13 Å². The average molecular weight is 257 g/mol. The number of nitrogens with zero attached hydrogens (tertiary/aromatic N) is 1. The van der Waals surface area contributed by atoms with Crippen LogP contribution in [-0.2, 0) is 0 Å². The Morgan fingerprint density at radius 1 is 1.50 bits per heavy atom. The number of hydrogen-bond donors (Lipinski definition) is 1. The molecule has 0 atom stereocenters. The second-order valence-corrected chi connectivity index (χ2v) is 4.63. The summed E-state index contributed by atoms with van der Waals surface area (Å²) in [7, 11) is 0. The lowest BCUT2D eigenvalue weighted by molar-refractivity contribution is 0.628. The highest BCUT2D eigenvalue weighted by Gasteiger charge is 2.06. The molecule has 0 amide bonds. The van der Waals surface area contributed by atoms with Crippen LogP contribution >= 0.6 is 22.9 Å². The quantitative estimate of drug-likeness (QED) is 0.897. The Hall–Kier alpha value is -1.13. The van der Waals surface area contributed by atoms with Crippen molar-refractivity contribution in [2.75, 3.05) is 11.9 Å². The number of hydrogen-bond acceptors (Lipinski definition) is 3. The maximum Gasteiger partial charge on any atom is 0.183 e. The predicted molar refractivity (Wildman–Crippen MR) is 66.7 cm³/mol. The van der Waals surface area contributed by atoms with Crippen molar-refractivity contribution in [3.8, 4) is 10.4 Å². The van der Waals surface area contributed by atoms with Gasteiger partial charge in [-0.15, -0.1) is 0 Å². The molecule has 1 aromatic carbocycles. The zero-order valence-corrected chi connectivity index (χ0v) is 10.2. The highest BCUT2D eigenvalue weighted by Crippen LogP contribution is 2.31. The van der Waals surface area contributed by atoms with E-state index < -0.39 is 5.82 Å². The number of rotatable bonds is 3. The van der Waals surface area contributed by atoms with E-state index in [0.29, 0.717) is 0 Å². The van der Waals surface area contributed by atoms with E-state index in [-0.39, 0.29) is 5.02 Å². The molecule has 0 radical (unpaired) electrons. The van der Waals surface area contributed by atoms with Gasteiger partial charge in [0.2, 0.25) is 0 Å². The molecule has 0 bridgehead atoms. The van der Waals surface area contributed by atoms with Gasteiger partial charge in [-0.2, -0.15) is 0 Å². The fourth-order valence-electron chi connectivity index (χ4n) is 1.29. The molecular formula is C11H10ClFN2S. The molecule has 0 saturated carbocycles. The SMILES string of the molecule is CCNc1ncc(-c2ccc(F)c(Cl)c2)s1. The Morgan fingerprint density at radius 3 is 3.00 bits per heavy atom. The van der Waals surface area contributed by atoms with Gasteiger partial charge in [0.05, 0.1) is 9.90 Å². The standard InChI is InChI=1S/C11H10ClFN2S/c1-2-14-11-15-6-10(16-11)7-3-4-9(13)8(12)5-7/h3-6H,2H2,1H3,(H,14,15). The smallest absolute Gasteiger partial charge is 0.183 e. The molecule has 84 valence electrons. The average Bonchev–Trinajstić information content (AvgIpc) is 2.71. The molecule has 0 unspecified atom stereocenters. The fourth-order valence-corrected chi connectivity index (χ4v) is 2.35. The summed E-state index contributed by atoms with van der Waals surface area (Å²) in [6.45, 7) is 2.84. The second kappa shape index (κ2) is 4.80. The van der Waals surface area contributed by atoms with Crippen LogP contribution in [0, 0.1) is 5.82 Å². The lowest BCUT2D eigenvalue weighted by Gasteiger charge is -1.98. The minimum Gasteiger partial charge on any atom is -0.362 e. The summed E-state index contributed by atoms with van der Waals surface area (Å²) in [5.41, 5.74) is 0.882. The number of nitrogens with one attached hydrogen (secondary N) is 1. The van der Waals surface area contributed by atoms with E-state index in [0.717, 1.165) is 22.1 Å². The molecule has 0 saturated heterocycles. The fraction of sp³-hybridized carbons (Fsp3) is 0.182. The molecule has 0 aliphatic carbocycles. The Morgan fingerprint density at radius 2 is 2.31 bits per heavy atom. The highest BCUT2D eigenvalue weighted by molar-refractivity contribution is 7.18. The Labute approximate surface area is 102 Å². The number of halogens is 2. The summed E-state index contributed by atoms with van der Waals surface area (Å²) in [5, 5.41) is 4.12. The van der Waals surface area contributed by atoms with Gasteiger partial charge in [0.25, 0.3) is 0 Å². The summed E-state index contributed by atoms with van der Waals surface area (Å²) in [6, 6.07) is 4.68. The van der Waals surface area contributed by atoms with Gasteiger partial charge in [-0.25, -0.2) is 9.37 Å². The van der Waals surface area contributed by atoms with Crippen LogP contribution in [0.4, 0.5) is 9.52 Å². The van der Waals surface area contributed by atoms with E-state index >= 15 is 0 Å². The van der Waals surface area contributed by atoms with E-state index in [2.05, 4.69) is 10.3 Å².